The van der Waals surface area contributed by atoms with Gasteiger partial charge in [-0.1, -0.05) is 32.0 Å². The van der Waals surface area contributed by atoms with Gasteiger partial charge in [0.15, 0.2) is 5.78 Å². The minimum absolute atomic E-state index is 0.0502. The fraction of sp³-hybridized carbons (Fsp3) is 0.455. The summed E-state index contributed by atoms with van der Waals surface area (Å²) in [5, 5.41) is 2.86. The Kier molecular flexibility index (Phi) is 7.56. The first-order valence-electron chi connectivity index (χ1n) is 10.1. The number of hydrogen-bond donors (Lipinski definition) is 2. The van der Waals surface area contributed by atoms with Crippen molar-refractivity contribution >= 4 is 23.2 Å². The molecule has 0 bridgehead atoms. The molecule has 0 saturated carbocycles. The van der Waals surface area contributed by atoms with Gasteiger partial charge < -0.3 is 11.1 Å². The average Bonchev–Trinajstić information content (AvgIpc) is 2.66. The molecule has 1 aromatic carbocycles. The molecule has 168 valence electrons. The van der Waals surface area contributed by atoms with Crippen molar-refractivity contribution in [3.63, 3.8) is 0 Å². The van der Waals surface area contributed by atoms with E-state index in [4.69, 9.17) is 5.73 Å². The van der Waals surface area contributed by atoms with E-state index in [-0.39, 0.29) is 42.8 Å². The van der Waals surface area contributed by atoms with Crippen molar-refractivity contribution in [1.82, 2.24) is 14.0 Å². The van der Waals surface area contributed by atoms with Gasteiger partial charge in [0, 0.05) is 19.3 Å². The van der Waals surface area contributed by atoms with Crippen LogP contribution < -0.4 is 22.3 Å². The van der Waals surface area contributed by atoms with Crippen LogP contribution >= 0.6 is 0 Å². The Bertz CT molecular complexity index is 1090. The number of carbonyl (C=O) groups is 2. The van der Waals surface area contributed by atoms with E-state index in [1.807, 2.05) is 45.9 Å². The number of hydrogen-bond acceptors (Lipinski definition) is 6. The summed E-state index contributed by atoms with van der Waals surface area (Å²) in [4.78, 5) is 51.8. The van der Waals surface area contributed by atoms with Gasteiger partial charge in [-0.25, -0.2) is 4.79 Å². The topological polar surface area (TPSA) is 119 Å². The molecule has 1 heterocycles. The molecule has 0 saturated heterocycles. The van der Waals surface area contributed by atoms with Crippen molar-refractivity contribution in [2.45, 2.75) is 34.2 Å². The van der Waals surface area contributed by atoms with E-state index >= 15 is 0 Å². The van der Waals surface area contributed by atoms with Crippen LogP contribution in [0, 0.1) is 19.8 Å². The third kappa shape index (κ3) is 5.49. The zero-order valence-corrected chi connectivity index (χ0v) is 19.0. The summed E-state index contributed by atoms with van der Waals surface area (Å²) >= 11 is 0. The average molecular weight is 430 g/mol. The maximum atomic E-state index is 12.9. The highest BCUT2D eigenvalue weighted by Gasteiger charge is 2.23. The molecule has 0 fully saturated rings. The minimum Gasteiger partial charge on any atom is -0.384 e. The summed E-state index contributed by atoms with van der Waals surface area (Å²) in [6.45, 7) is 7.65. The van der Waals surface area contributed by atoms with Crippen molar-refractivity contribution in [2.75, 3.05) is 31.2 Å². The minimum atomic E-state index is -0.735. The van der Waals surface area contributed by atoms with Gasteiger partial charge >= 0.3 is 5.69 Å². The molecule has 0 spiro atoms. The predicted octanol–water partition coefficient (Wildman–Crippen LogP) is 1.16. The molecule has 1 amide bonds. The second-order valence-electron chi connectivity index (χ2n) is 8.32. The van der Waals surface area contributed by atoms with Crippen LogP contribution in [-0.2, 0) is 18.4 Å². The number of benzene rings is 1. The highest BCUT2D eigenvalue weighted by molar-refractivity contribution is 6.01. The smallest absolute Gasteiger partial charge is 0.332 e. The fourth-order valence-electron chi connectivity index (χ4n) is 3.40. The van der Waals surface area contributed by atoms with Crippen LogP contribution in [0.5, 0.6) is 0 Å². The summed E-state index contributed by atoms with van der Waals surface area (Å²) in [5.41, 5.74) is 7.14. The first-order valence-corrected chi connectivity index (χ1v) is 10.1. The largest absolute Gasteiger partial charge is 0.384 e. The molecule has 9 heteroatoms. The number of nitrogens with zero attached hydrogens (tertiary/aromatic N) is 3. The SMILES string of the molecule is Cc1cccc(C)c1NC(=O)CN(C)CC(=O)c1c(N)n(CC(C)C)c(=O)n(C)c1=O. The summed E-state index contributed by atoms with van der Waals surface area (Å²) in [5.74, 6) is -0.867. The van der Waals surface area contributed by atoms with Gasteiger partial charge in [0.2, 0.25) is 5.91 Å². The number of nitrogen functional groups attached to an aromatic ring is 1. The standard InChI is InChI=1S/C22H31N5O4/c1-13(2)10-27-20(23)18(21(30)26(6)22(27)31)16(28)11-25(5)12-17(29)24-19-14(3)8-7-9-15(19)4/h7-9,13H,10-12,23H2,1-6H3,(H,24,29). The number of nitrogens with one attached hydrogen (secondary N) is 1. The van der Waals surface area contributed by atoms with Crippen molar-refractivity contribution < 1.29 is 9.59 Å². The number of amides is 1. The Morgan fingerprint density at radius 1 is 1.13 bits per heavy atom. The van der Waals surface area contributed by atoms with E-state index in [0.29, 0.717) is 0 Å². The van der Waals surface area contributed by atoms with E-state index in [2.05, 4.69) is 5.32 Å². The molecule has 2 rings (SSSR count). The lowest BCUT2D eigenvalue weighted by atomic mass is 10.1. The van der Waals surface area contributed by atoms with Crippen molar-refractivity contribution in [1.29, 1.82) is 0 Å². The quantitative estimate of drug-likeness (QED) is 0.608. The zero-order valence-electron chi connectivity index (χ0n) is 19.0. The van der Waals surface area contributed by atoms with Crippen LogP contribution in [0.15, 0.2) is 27.8 Å². The van der Waals surface area contributed by atoms with Gasteiger partial charge in [-0.2, -0.15) is 0 Å². The maximum absolute atomic E-state index is 12.9. The van der Waals surface area contributed by atoms with Crippen LogP contribution in [-0.4, -0.2) is 45.9 Å². The number of ketones is 1. The Morgan fingerprint density at radius 2 is 1.71 bits per heavy atom. The first-order chi connectivity index (χ1) is 14.4. The van der Waals surface area contributed by atoms with Gasteiger partial charge in [0.25, 0.3) is 5.56 Å². The molecule has 0 aliphatic rings. The molecule has 0 aliphatic heterocycles. The number of anilines is 2. The second-order valence-corrected chi connectivity index (χ2v) is 8.32. The van der Waals surface area contributed by atoms with Crippen LogP contribution in [0.2, 0.25) is 0 Å². The van der Waals surface area contributed by atoms with Crippen LogP contribution in [0.4, 0.5) is 11.5 Å². The number of Topliss-reactive ketones (excluding diaryl/α,β-unsaturated/α-hetero) is 1. The molecule has 2 aromatic rings. The monoisotopic (exact) mass is 429 g/mol. The first kappa shape index (κ1) is 24.1. The third-order valence-electron chi connectivity index (χ3n) is 4.98. The number of likely N-dealkylation sites (N-methyl/N-ethyl adjacent to an activating group) is 1. The lowest BCUT2D eigenvalue weighted by Gasteiger charge is -2.19. The van der Waals surface area contributed by atoms with Gasteiger partial charge in [-0.15, -0.1) is 0 Å². The number of aryl methyl sites for hydroxylation is 2. The molecule has 0 unspecified atom stereocenters. The number of nitrogens with two attached hydrogens (primary N) is 1. The maximum Gasteiger partial charge on any atom is 0.332 e. The van der Waals surface area contributed by atoms with E-state index in [1.54, 1.807) is 7.05 Å². The van der Waals surface area contributed by atoms with Crippen LogP contribution in [0.3, 0.4) is 0 Å². The van der Waals surface area contributed by atoms with E-state index in [9.17, 15) is 19.2 Å². The molecule has 9 nitrogen and oxygen atoms in total. The molecule has 1 aromatic heterocycles. The van der Waals surface area contributed by atoms with Crippen molar-refractivity contribution in [3.05, 3.63) is 55.7 Å². The van der Waals surface area contributed by atoms with Gasteiger partial charge in [0.1, 0.15) is 11.4 Å². The molecule has 0 atom stereocenters. The molecular formula is C22H31N5O4. The van der Waals surface area contributed by atoms with Gasteiger partial charge in [-0.3, -0.25) is 28.4 Å². The summed E-state index contributed by atoms with van der Waals surface area (Å²) in [6, 6.07) is 5.72. The van der Waals surface area contributed by atoms with Crippen molar-refractivity contribution in [2.24, 2.45) is 13.0 Å². The Labute approximate surface area is 181 Å². The zero-order chi connectivity index (χ0) is 23.5. The van der Waals surface area contributed by atoms with E-state index < -0.39 is 17.0 Å². The van der Waals surface area contributed by atoms with Gasteiger partial charge in [0.05, 0.1) is 13.1 Å². The van der Waals surface area contributed by atoms with Gasteiger partial charge in [-0.05, 0) is 37.9 Å². The number of aromatic nitrogens is 2. The summed E-state index contributed by atoms with van der Waals surface area (Å²) in [7, 11) is 2.92. The Balaban J connectivity index is 2.19. The fourth-order valence-corrected chi connectivity index (χ4v) is 3.40. The summed E-state index contributed by atoms with van der Waals surface area (Å²) in [6.07, 6.45) is 0. The lowest BCUT2D eigenvalue weighted by Crippen LogP contribution is -2.44. The second kappa shape index (κ2) is 9.74. The highest BCUT2D eigenvalue weighted by atomic mass is 16.2. The Morgan fingerprint density at radius 3 is 2.26 bits per heavy atom. The molecule has 0 aliphatic carbocycles. The number of para-hydroxylation sites is 1. The highest BCUT2D eigenvalue weighted by Crippen LogP contribution is 2.19. The third-order valence-corrected chi connectivity index (χ3v) is 4.98. The van der Waals surface area contributed by atoms with Crippen molar-refractivity contribution in [3.8, 4) is 0 Å². The van der Waals surface area contributed by atoms with E-state index in [1.165, 1.54) is 16.5 Å². The summed E-state index contributed by atoms with van der Waals surface area (Å²) < 4.78 is 2.13. The molecular weight excluding hydrogens is 398 g/mol. The van der Waals surface area contributed by atoms with Crippen LogP contribution in [0.25, 0.3) is 0 Å². The van der Waals surface area contributed by atoms with Crippen LogP contribution in [0.1, 0.15) is 35.3 Å². The molecule has 3 N–H and O–H groups in total. The molecule has 0 radical (unpaired) electrons. The predicted molar refractivity (Wildman–Crippen MR) is 122 cm³/mol. The lowest BCUT2D eigenvalue weighted by molar-refractivity contribution is -0.116. The molecule has 31 heavy (non-hydrogen) atoms. The number of carbonyl (C=O) groups excluding carboxylic acids is 2. The Hall–Kier alpha value is -3.20. The van der Waals surface area contributed by atoms with E-state index in [0.717, 1.165) is 21.4 Å². The number of rotatable bonds is 8. The normalized spacial score (nSPS) is 11.2.